The van der Waals surface area contributed by atoms with E-state index in [0.29, 0.717) is 17.0 Å². The molecule has 1 heterocycles. The summed E-state index contributed by atoms with van der Waals surface area (Å²) in [6, 6.07) is 9.17. The van der Waals surface area contributed by atoms with Crippen LogP contribution in [0.25, 0.3) is 11.4 Å². The van der Waals surface area contributed by atoms with E-state index < -0.39 is 0 Å². The Bertz CT molecular complexity index is 708. The third-order valence-electron chi connectivity index (χ3n) is 3.01. The molecule has 90 valence electrons. The molecule has 0 aliphatic heterocycles. The van der Waals surface area contributed by atoms with E-state index in [1.54, 1.807) is 32.2 Å². The van der Waals surface area contributed by atoms with Crippen molar-refractivity contribution in [1.82, 2.24) is 9.55 Å². The Labute approximate surface area is 105 Å². The SMILES string of the molecule is Cc1nc(-c2cccc(C#N)c2)n(C)c(=O)c1C. The number of nitrogens with zero attached hydrogens (tertiary/aromatic N) is 3. The average Bonchev–Trinajstić information content (AvgIpc) is 2.40. The fourth-order valence-electron chi connectivity index (χ4n) is 1.81. The molecule has 0 aliphatic carbocycles. The molecule has 4 nitrogen and oxygen atoms in total. The van der Waals surface area contributed by atoms with Gasteiger partial charge in [0.2, 0.25) is 0 Å². The maximum Gasteiger partial charge on any atom is 0.256 e. The van der Waals surface area contributed by atoms with E-state index in [9.17, 15) is 4.79 Å². The molecule has 1 aromatic heterocycles. The number of nitriles is 1. The topological polar surface area (TPSA) is 58.7 Å². The summed E-state index contributed by atoms with van der Waals surface area (Å²) >= 11 is 0. The first-order valence-electron chi connectivity index (χ1n) is 5.59. The van der Waals surface area contributed by atoms with Gasteiger partial charge in [-0.15, -0.1) is 0 Å². The maximum absolute atomic E-state index is 12.0. The van der Waals surface area contributed by atoms with E-state index in [2.05, 4.69) is 11.1 Å². The number of aromatic nitrogens is 2. The van der Waals surface area contributed by atoms with Gasteiger partial charge in [0.1, 0.15) is 5.82 Å². The van der Waals surface area contributed by atoms with E-state index in [0.717, 1.165) is 11.3 Å². The third-order valence-corrected chi connectivity index (χ3v) is 3.01. The van der Waals surface area contributed by atoms with Gasteiger partial charge >= 0.3 is 0 Å². The molecular weight excluding hydrogens is 226 g/mol. The molecule has 0 amide bonds. The first-order valence-corrected chi connectivity index (χ1v) is 5.59. The van der Waals surface area contributed by atoms with Crippen LogP contribution in [0.1, 0.15) is 16.8 Å². The van der Waals surface area contributed by atoms with Gasteiger partial charge in [0, 0.05) is 23.9 Å². The van der Waals surface area contributed by atoms with Crippen molar-refractivity contribution < 1.29 is 0 Å². The molecular formula is C14H13N3O. The monoisotopic (exact) mass is 239 g/mol. The summed E-state index contributed by atoms with van der Waals surface area (Å²) in [6.45, 7) is 3.58. The summed E-state index contributed by atoms with van der Waals surface area (Å²) in [5, 5.41) is 8.89. The Kier molecular flexibility index (Phi) is 2.99. The molecule has 0 N–H and O–H groups in total. The van der Waals surface area contributed by atoms with Crippen LogP contribution in [0.3, 0.4) is 0 Å². The second kappa shape index (κ2) is 4.46. The summed E-state index contributed by atoms with van der Waals surface area (Å²) in [7, 11) is 1.69. The molecule has 0 fully saturated rings. The predicted molar refractivity (Wildman–Crippen MR) is 69.1 cm³/mol. The highest BCUT2D eigenvalue weighted by Gasteiger charge is 2.10. The standard InChI is InChI=1S/C14H13N3O/c1-9-10(2)16-13(17(3)14(9)18)12-6-4-5-11(7-12)8-15/h4-7H,1-3H3. The molecule has 2 rings (SSSR count). The Balaban J connectivity index is 2.72. The molecule has 0 saturated carbocycles. The minimum atomic E-state index is -0.0557. The van der Waals surface area contributed by atoms with Gasteiger partial charge in [0.05, 0.1) is 11.6 Å². The Morgan fingerprint density at radius 1 is 1.33 bits per heavy atom. The Hall–Kier alpha value is -2.41. The lowest BCUT2D eigenvalue weighted by atomic mass is 10.1. The van der Waals surface area contributed by atoms with E-state index in [-0.39, 0.29) is 5.56 Å². The lowest BCUT2D eigenvalue weighted by Gasteiger charge is -2.10. The van der Waals surface area contributed by atoms with Crippen molar-refractivity contribution in [2.24, 2.45) is 7.05 Å². The molecule has 18 heavy (non-hydrogen) atoms. The van der Waals surface area contributed by atoms with Crippen LogP contribution in [0.4, 0.5) is 0 Å². The molecule has 1 aromatic carbocycles. The number of aryl methyl sites for hydroxylation is 1. The van der Waals surface area contributed by atoms with Gasteiger partial charge in [-0.25, -0.2) is 4.98 Å². The fourth-order valence-corrected chi connectivity index (χ4v) is 1.81. The normalized spacial score (nSPS) is 10.1. The second-order valence-electron chi connectivity index (χ2n) is 4.20. The zero-order valence-corrected chi connectivity index (χ0v) is 10.6. The van der Waals surface area contributed by atoms with Crippen LogP contribution in [0, 0.1) is 25.2 Å². The van der Waals surface area contributed by atoms with Gasteiger partial charge < -0.3 is 0 Å². The Morgan fingerprint density at radius 3 is 2.72 bits per heavy atom. The van der Waals surface area contributed by atoms with Crippen molar-refractivity contribution in [3.8, 4) is 17.5 Å². The molecule has 0 radical (unpaired) electrons. The highest BCUT2D eigenvalue weighted by molar-refractivity contribution is 5.58. The molecule has 0 unspecified atom stereocenters. The first-order chi connectivity index (χ1) is 8.54. The molecule has 0 bridgehead atoms. The van der Waals surface area contributed by atoms with Crippen molar-refractivity contribution >= 4 is 0 Å². The fraction of sp³-hybridized carbons (Fsp3) is 0.214. The molecule has 2 aromatic rings. The van der Waals surface area contributed by atoms with Crippen molar-refractivity contribution in [1.29, 1.82) is 5.26 Å². The minimum absolute atomic E-state index is 0.0557. The highest BCUT2D eigenvalue weighted by atomic mass is 16.1. The lowest BCUT2D eigenvalue weighted by molar-refractivity contribution is 0.813. The smallest absolute Gasteiger partial charge is 0.256 e. The molecule has 0 spiro atoms. The summed E-state index contributed by atoms with van der Waals surface area (Å²) in [5.74, 6) is 0.584. The average molecular weight is 239 g/mol. The summed E-state index contributed by atoms with van der Waals surface area (Å²) in [4.78, 5) is 16.4. The van der Waals surface area contributed by atoms with Gasteiger partial charge in [0.25, 0.3) is 5.56 Å². The van der Waals surface area contributed by atoms with E-state index in [4.69, 9.17) is 5.26 Å². The summed E-state index contributed by atoms with van der Waals surface area (Å²) in [6.07, 6.45) is 0. The van der Waals surface area contributed by atoms with Crippen molar-refractivity contribution in [2.45, 2.75) is 13.8 Å². The quantitative estimate of drug-likeness (QED) is 0.764. The van der Waals surface area contributed by atoms with Crippen LogP contribution < -0.4 is 5.56 Å². The van der Waals surface area contributed by atoms with Gasteiger partial charge in [-0.2, -0.15) is 5.26 Å². The van der Waals surface area contributed by atoms with Crippen LogP contribution in [0.2, 0.25) is 0 Å². The summed E-state index contributed by atoms with van der Waals surface area (Å²) < 4.78 is 1.51. The number of benzene rings is 1. The third kappa shape index (κ3) is 1.91. The predicted octanol–water partition coefficient (Wildman–Crippen LogP) is 1.94. The zero-order valence-electron chi connectivity index (χ0n) is 10.6. The molecule has 0 aliphatic rings. The summed E-state index contributed by atoms with van der Waals surface area (Å²) in [5.41, 5.74) is 2.64. The highest BCUT2D eigenvalue weighted by Crippen LogP contribution is 2.17. The van der Waals surface area contributed by atoms with E-state index in [1.165, 1.54) is 4.57 Å². The minimum Gasteiger partial charge on any atom is -0.296 e. The number of hydrogen-bond acceptors (Lipinski definition) is 3. The Morgan fingerprint density at radius 2 is 2.06 bits per heavy atom. The molecule has 4 heteroatoms. The first kappa shape index (κ1) is 12.1. The number of hydrogen-bond donors (Lipinski definition) is 0. The largest absolute Gasteiger partial charge is 0.296 e. The van der Waals surface area contributed by atoms with Crippen LogP contribution in [-0.2, 0) is 7.05 Å². The van der Waals surface area contributed by atoms with Crippen molar-refractivity contribution in [3.63, 3.8) is 0 Å². The van der Waals surface area contributed by atoms with E-state index >= 15 is 0 Å². The van der Waals surface area contributed by atoms with Gasteiger partial charge in [-0.3, -0.25) is 9.36 Å². The second-order valence-corrected chi connectivity index (χ2v) is 4.20. The van der Waals surface area contributed by atoms with Crippen LogP contribution in [0.15, 0.2) is 29.1 Å². The van der Waals surface area contributed by atoms with Gasteiger partial charge in [0.15, 0.2) is 0 Å². The van der Waals surface area contributed by atoms with Crippen LogP contribution in [0.5, 0.6) is 0 Å². The molecule has 0 atom stereocenters. The van der Waals surface area contributed by atoms with Crippen LogP contribution in [-0.4, -0.2) is 9.55 Å². The van der Waals surface area contributed by atoms with Gasteiger partial charge in [-0.1, -0.05) is 12.1 Å². The molecule has 0 saturated heterocycles. The van der Waals surface area contributed by atoms with Gasteiger partial charge in [-0.05, 0) is 26.0 Å². The maximum atomic E-state index is 12.0. The van der Waals surface area contributed by atoms with Crippen molar-refractivity contribution in [3.05, 3.63) is 51.4 Å². The van der Waals surface area contributed by atoms with E-state index in [1.807, 2.05) is 13.0 Å². The number of rotatable bonds is 1. The van der Waals surface area contributed by atoms with Crippen molar-refractivity contribution in [2.75, 3.05) is 0 Å². The zero-order chi connectivity index (χ0) is 13.3. The van der Waals surface area contributed by atoms with Crippen LogP contribution >= 0.6 is 0 Å². The lowest BCUT2D eigenvalue weighted by Crippen LogP contribution is -2.23.